The van der Waals surface area contributed by atoms with Crippen LogP contribution >= 0.6 is 15.9 Å². The van der Waals surface area contributed by atoms with E-state index in [-0.39, 0.29) is 30.5 Å². The summed E-state index contributed by atoms with van der Waals surface area (Å²) in [6, 6.07) is 5.59. The van der Waals surface area contributed by atoms with E-state index >= 15 is 0 Å². The molecule has 12 heteroatoms. The van der Waals surface area contributed by atoms with Gasteiger partial charge in [-0.3, -0.25) is 4.79 Å². The van der Waals surface area contributed by atoms with Gasteiger partial charge in [0.15, 0.2) is 0 Å². The highest BCUT2D eigenvalue weighted by molar-refractivity contribution is 9.10. The van der Waals surface area contributed by atoms with Crippen LogP contribution in [0.25, 0.3) is 0 Å². The highest BCUT2D eigenvalue weighted by Crippen LogP contribution is 2.34. The second kappa shape index (κ2) is 7.92. The van der Waals surface area contributed by atoms with Crippen molar-refractivity contribution in [1.29, 1.82) is 0 Å². The third-order valence-electron chi connectivity index (χ3n) is 4.23. The minimum atomic E-state index is -4.48. The van der Waals surface area contributed by atoms with E-state index in [2.05, 4.69) is 25.7 Å². The molecule has 0 N–H and O–H groups in total. The number of hydrogen-bond donors (Lipinski definition) is 0. The van der Waals surface area contributed by atoms with Crippen molar-refractivity contribution in [1.82, 2.24) is 9.29 Å². The van der Waals surface area contributed by atoms with Gasteiger partial charge < -0.3 is 9.64 Å². The van der Waals surface area contributed by atoms with Gasteiger partial charge in [0.25, 0.3) is 0 Å². The van der Waals surface area contributed by atoms with Gasteiger partial charge in [-0.2, -0.15) is 17.5 Å². The van der Waals surface area contributed by atoms with Gasteiger partial charge >= 0.3 is 12.1 Å². The van der Waals surface area contributed by atoms with Crippen molar-refractivity contribution in [2.24, 2.45) is 0 Å². The van der Waals surface area contributed by atoms with Crippen LogP contribution in [0.4, 0.5) is 19.0 Å². The molecule has 0 amide bonds. The second-order valence-corrected chi connectivity index (χ2v) is 9.02. The number of rotatable bonds is 4. The molecule has 0 unspecified atom stereocenters. The molecular formula is C17H15BrF3N3O4S. The van der Waals surface area contributed by atoms with Gasteiger partial charge in [0.2, 0.25) is 10.0 Å². The van der Waals surface area contributed by atoms with Crippen molar-refractivity contribution in [3.8, 4) is 0 Å². The number of fused-ring (bicyclic) bond motifs is 1. The lowest BCUT2D eigenvalue weighted by Crippen LogP contribution is -2.48. The summed E-state index contributed by atoms with van der Waals surface area (Å²) in [7, 11) is -2.79. The Bertz CT molecular complexity index is 1030. The van der Waals surface area contributed by atoms with Crippen molar-refractivity contribution in [3.63, 3.8) is 0 Å². The van der Waals surface area contributed by atoms with Crippen LogP contribution in [-0.2, 0) is 32.3 Å². The number of aromatic nitrogens is 1. The van der Waals surface area contributed by atoms with Crippen LogP contribution in [-0.4, -0.2) is 44.0 Å². The number of carbonyl (C=O) groups excluding carboxylic acids is 1. The van der Waals surface area contributed by atoms with Crippen LogP contribution in [0.15, 0.2) is 45.9 Å². The number of halogens is 4. The number of benzene rings is 1. The number of esters is 1. The number of anilines is 1. The Morgan fingerprint density at radius 2 is 1.93 bits per heavy atom. The molecule has 0 fully saturated rings. The lowest BCUT2D eigenvalue weighted by Gasteiger charge is -2.36. The lowest BCUT2D eigenvalue weighted by molar-refractivity contribution is -0.139. The number of nitrogens with zero attached hydrogens (tertiary/aromatic N) is 3. The fraction of sp³-hybridized carbons (Fsp3) is 0.294. The maximum Gasteiger partial charge on any atom is 0.416 e. The molecule has 3 rings (SSSR count). The van der Waals surface area contributed by atoms with Gasteiger partial charge in [0.05, 0.1) is 19.3 Å². The van der Waals surface area contributed by atoms with E-state index in [1.165, 1.54) is 36.4 Å². The van der Waals surface area contributed by atoms with Crippen LogP contribution in [0.5, 0.6) is 0 Å². The van der Waals surface area contributed by atoms with Crippen molar-refractivity contribution >= 4 is 37.7 Å². The molecule has 1 aliphatic rings. The van der Waals surface area contributed by atoms with Crippen molar-refractivity contribution in [2.45, 2.75) is 17.6 Å². The van der Waals surface area contributed by atoms with E-state index in [0.717, 1.165) is 16.4 Å². The molecule has 0 bridgehead atoms. The third-order valence-corrected chi connectivity index (χ3v) is 6.45. The van der Waals surface area contributed by atoms with E-state index in [1.807, 2.05) is 0 Å². The fourth-order valence-corrected chi connectivity index (χ4v) is 4.86. The summed E-state index contributed by atoms with van der Waals surface area (Å²) in [5, 5.41) is 0. The zero-order chi connectivity index (χ0) is 21.4. The molecule has 0 aliphatic carbocycles. The maximum atomic E-state index is 13.0. The molecule has 0 spiro atoms. The van der Waals surface area contributed by atoms with Crippen LogP contribution in [0.3, 0.4) is 0 Å². The summed E-state index contributed by atoms with van der Waals surface area (Å²) in [4.78, 5) is 17.2. The van der Waals surface area contributed by atoms with Crippen molar-refractivity contribution in [3.05, 3.63) is 52.1 Å². The number of ether oxygens (including phenoxy) is 1. The van der Waals surface area contributed by atoms with Gasteiger partial charge in [-0.1, -0.05) is 12.1 Å². The van der Waals surface area contributed by atoms with E-state index < -0.39 is 27.7 Å². The van der Waals surface area contributed by atoms with E-state index in [1.54, 1.807) is 0 Å². The molecule has 2 aromatic rings. The third kappa shape index (κ3) is 4.54. The maximum absolute atomic E-state index is 13.0. The van der Waals surface area contributed by atoms with Crippen LogP contribution < -0.4 is 4.90 Å². The molecule has 1 aliphatic heterocycles. The average Bonchev–Trinajstić information content (AvgIpc) is 2.65. The van der Waals surface area contributed by atoms with E-state index in [0.29, 0.717) is 10.0 Å². The van der Waals surface area contributed by atoms with Gasteiger partial charge in [-0.15, -0.1) is 0 Å². The van der Waals surface area contributed by atoms with Gasteiger partial charge in [-0.05, 0) is 39.7 Å². The van der Waals surface area contributed by atoms with E-state index in [9.17, 15) is 26.4 Å². The SMILES string of the molecule is COC(=O)CN1CN(Cc2ccc(C(F)(F)F)cc2)S(=O)(=O)c2cc(Br)cnc21. The van der Waals surface area contributed by atoms with Crippen LogP contribution in [0.1, 0.15) is 11.1 Å². The lowest BCUT2D eigenvalue weighted by atomic mass is 10.1. The summed E-state index contributed by atoms with van der Waals surface area (Å²) < 4.78 is 70.4. The van der Waals surface area contributed by atoms with Gasteiger partial charge in [0.1, 0.15) is 17.3 Å². The molecule has 2 heterocycles. The predicted molar refractivity (Wildman–Crippen MR) is 100 cm³/mol. The number of carbonyl (C=O) groups is 1. The molecule has 1 aromatic carbocycles. The van der Waals surface area contributed by atoms with Crippen molar-refractivity contribution < 1.29 is 31.1 Å². The van der Waals surface area contributed by atoms with Crippen LogP contribution in [0, 0.1) is 0 Å². The highest BCUT2D eigenvalue weighted by Gasteiger charge is 2.37. The van der Waals surface area contributed by atoms with Gasteiger partial charge in [-0.25, -0.2) is 13.4 Å². The number of sulfonamides is 1. The van der Waals surface area contributed by atoms with E-state index in [4.69, 9.17) is 0 Å². The summed E-state index contributed by atoms with van der Waals surface area (Å²) in [5.41, 5.74) is -0.459. The molecule has 0 radical (unpaired) electrons. The molecule has 0 atom stereocenters. The molecule has 7 nitrogen and oxygen atoms in total. The minimum absolute atomic E-state index is 0.0993. The zero-order valence-corrected chi connectivity index (χ0v) is 17.4. The zero-order valence-electron chi connectivity index (χ0n) is 15.0. The Kier molecular flexibility index (Phi) is 5.88. The molecule has 0 saturated heterocycles. The van der Waals surface area contributed by atoms with Crippen molar-refractivity contribution in [2.75, 3.05) is 25.2 Å². The molecule has 29 heavy (non-hydrogen) atoms. The fourth-order valence-electron chi connectivity index (χ4n) is 2.80. The summed E-state index contributed by atoms with van der Waals surface area (Å²) in [6.07, 6.45) is -3.08. The molecule has 1 aromatic heterocycles. The Balaban J connectivity index is 1.95. The Hall–Kier alpha value is -2.18. The summed E-state index contributed by atoms with van der Waals surface area (Å²) in [5.74, 6) is -0.489. The first kappa shape index (κ1) is 21.5. The smallest absolute Gasteiger partial charge is 0.416 e. The Labute approximate surface area is 173 Å². The molecule has 156 valence electrons. The number of methoxy groups -OCH3 is 1. The topological polar surface area (TPSA) is 79.8 Å². The Morgan fingerprint density at radius 1 is 1.28 bits per heavy atom. The van der Waals surface area contributed by atoms with Crippen LogP contribution in [0.2, 0.25) is 0 Å². The number of pyridine rings is 1. The molecule has 0 saturated carbocycles. The first-order valence-corrected chi connectivity index (χ1v) is 10.4. The second-order valence-electron chi connectivity index (χ2n) is 6.20. The van der Waals surface area contributed by atoms with Gasteiger partial charge in [0, 0.05) is 17.2 Å². The quantitative estimate of drug-likeness (QED) is 0.609. The first-order chi connectivity index (χ1) is 13.5. The Morgan fingerprint density at radius 3 is 2.52 bits per heavy atom. The minimum Gasteiger partial charge on any atom is -0.468 e. The summed E-state index contributed by atoms with van der Waals surface area (Å²) in [6.45, 7) is -0.624. The number of alkyl halides is 3. The molecular weight excluding hydrogens is 479 g/mol. The monoisotopic (exact) mass is 493 g/mol. The number of hydrogen-bond acceptors (Lipinski definition) is 6. The predicted octanol–water partition coefficient (Wildman–Crippen LogP) is 3.00. The highest BCUT2D eigenvalue weighted by atomic mass is 79.9. The summed E-state index contributed by atoms with van der Waals surface area (Å²) >= 11 is 3.18. The average molecular weight is 494 g/mol. The largest absolute Gasteiger partial charge is 0.468 e. The first-order valence-electron chi connectivity index (χ1n) is 8.16. The normalized spacial score (nSPS) is 16.4. The standard InChI is InChI=1S/C17H15BrF3N3O4S/c1-28-15(25)9-23-10-24(8-11-2-4-12(5-3-11)17(19,20)21)29(26,27)14-6-13(18)7-22-16(14)23/h2-7H,8-10H2,1H3.